The first-order chi connectivity index (χ1) is 19.4. The predicted molar refractivity (Wildman–Crippen MR) is 160 cm³/mol. The molecule has 10 heteroatoms. The fraction of sp³-hybridized carbons (Fsp3) is 0.333. The number of allylic oxidation sites excluding steroid dienone is 1. The Kier molecular flexibility index (Phi) is 8.37. The summed E-state index contributed by atoms with van der Waals surface area (Å²) in [4.78, 5) is 28.7. The number of fused-ring (bicyclic) bond motifs is 1. The van der Waals surface area contributed by atoms with E-state index in [0.29, 0.717) is 18.0 Å². The minimum absolute atomic E-state index is 0.0631. The number of H-pyrrole nitrogens is 1. The van der Waals surface area contributed by atoms with Gasteiger partial charge in [-0.3, -0.25) is 9.89 Å². The van der Waals surface area contributed by atoms with E-state index in [-0.39, 0.29) is 5.78 Å². The number of nitrogens with one attached hydrogen (secondary N) is 2. The molecule has 0 aliphatic carbocycles. The number of ether oxygens (including phenoxy) is 1. The van der Waals surface area contributed by atoms with E-state index < -0.39 is 0 Å². The summed E-state index contributed by atoms with van der Waals surface area (Å²) in [5, 5.41) is 11.4. The van der Waals surface area contributed by atoms with E-state index in [4.69, 9.17) is 9.72 Å². The number of ketones is 1. The first kappa shape index (κ1) is 27.3. The minimum atomic E-state index is 0.0631. The second-order valence-corrected chi connectivity index (χ2v) is 10.3. The molecule has 0 unspecified atom stereocenters. The number of methoxy groups -OCH3 is 1. The zero-order valence-electron chi connectivity index (χ0n) is 23.5. The maximum Gasteiger partial charge on any atom is 0.229 e. The number of likely N-dealkylation sites (N-methyl/N-ethyl adjacent to an activating group) is 2. The number of anilines is 3. The highest BCUT2D eigenvalue weighted by molar-refractivity contribution is 5.93. The molecule has 1 aliphatic rings. The lowest BCUT2D eigenvalue weighted by Gasteiger charge is -2.34. The Bertz CT molecular complexity index is 1500. The van der Waals surface area contributed by atoms with Crippen molar-refractivity contribution in [2.75, 3.05) is 71.2 Å². The Morgan fingerprint density at radius 1 is 1.12 bits per heavy atom. The molecule has 0 amide bonds. The van der Waals surface area contributed by atoms with E-state index in [1.54, 1.807) is 19.4 Å². The van der Waals surface area contributed by atoms with Gasteiger partial charge in [0.05, 0.1) is 30.1 Å². The largest absolute Gasteiger partial charge is 0.495 e. The van der Waals surface area contributed by atoms with Gasteiger partial charge >= 0.3 is 0 Å². The molecule has 2 N–H and O–H groups in total. The molecule has 0 saturated carbocycles. The second kappa shape index (κ2) is 12.3. The van der Waals surface area contributed by atoms with E-state index in [1.807, 2.05) is 61.5 Å². The maximum atomic E-state index is 12.5. The molecule has 1 aliphatic heterocycles. The highest BCUT2D eigenvalue weighted by atomic mass is 16.5. The molecule has 0 bridgehead atoms. The molecule has 0 radical (unpaired) electrons. The van der Waals surface area contributed by atoms with Crippen molar-refractivity contribution in [2.24, 2.45) is 0 Å². The van der Waals surface area contributed by atoms with Crippen molar-refractivity contribution in [3.63, 3.8) is 0 Å². The molecule has 3 heterocycles. The summed E-state index contributed by atoms with van der Waals surface area (Å²) in [6.45, 7) is 4.59. The monoisotopic (exact) mass is 540 g/mol. The fourth-order valence-electron chi connectivity index (χ4n) is 4.79. The Morgan fingerprint density at radius 2 is 1.95 bits per heavy atom. The van der Waals surface area contributed by atoms with Crippen LogP contribution in [0, 0.1) is 0 Å². The lowest BCUT2D eigenvalue weighted by atomic mass is 10.0. The second-order valence-electron chi connectivity index (χ2n) is 10.3. The number of aromatic nitrogens is 4. The third kappa shape index (κ3) is 6.47. The Labute approximate surface area is 234 Å². The van der Waals surface area contributed by atoms with Crippen LogP contribution in [-0.2, 0) is 11.2 Å². The lowest BCUT2D eigenvalue weighted by molar-refractivity contribution is -0.114. The van der Waals surface area contributed by atoms with Crippen LogP contribution in [-0.4, -0.2) is 96.7 Å². The Balaban J connectivity index is 1.41. The molecule has 1 fully saturated rings. The van der Waals surface area contributed by atoms with Crippen LogP contribution in [0.25, 0.3) is 22.3 Å². The van der Waals surface area contributed by atoms with E-state index in [9.17, 15) is 4.79 Å². The molecule has 2 aromatic heterocycles. The number of nitrogens with zero attached hydrogens (tertiary/aromatic N) is 6. The highest BCUT2D eigenvalue weighted by Gasteiger charge is 2.19. The number of rotatable bonds is 10. The molecule has 1 saturated heterocycles. The van der Waals surface area contributed by atoms with E-state index in [2.05, 4.69) is 43.4 Å². The maximum absolute atomic E-state index is 12.5. The minimum Gasteiger partial charge on any atom is -0.495 e. The van der Waals surface area contributed by atoms with Crippen molar-refractivity contribution in [1.29, 1.82) is 0 Å². The van der Waals surface area contributed by atoms with Crippen molar-refractivity contribution in [3.8, 4) is 17.0 Å². The summed E-state index contributed by atoms with van der Waals surface area (Å²) in [6, 6.07) is 13.9. The standard InChI is InChI=1S/C30H36N8O2/c1-36(2)12-6-9-24(39)18-21-7-5-8-22(17-21)28-25-20-31-35-29(25)34-30(33-28)32-23-10-11-27(40-4)26(19-23)38-15-13-37(3)14-16-38/h5-11,17,19-20H,12-16,18H2,1-4H3,(H2,31,32,33,34,35)/b9-6+. The number of carbonyl (C=O) groups is 1. The van der Waals surface area contributed by atoms with Crippen LogP contribution in [0.5, 0.6) is 5.75 Å². The molecular formula is C30H36N8O2. The molecule has 5 rings (SSSR count). The van der Waals surface area contributed by atoms with Crippen molar-refractivity contribution in [2.45, 2.75) is 6.42 Å². The zero-order valence-corrected chi connectivity index (χ0v) is 23.5. The molecule has 0 atom stereocenters. The van der Waals surface area contributed by atoms with Gasteiger partial charge in [-0.15, -0.1) is 0 Å². The van der Waals surface area contributed by atoms with Crippen molar-refractivity contribution < 1.29 is 9.53 Å². The number of benzene rings is 2. The van der Waals surface area contributed by atoms with Gasteiger partial charge in [0.25, 0.3) is 0 Å². The molecular weight excluding hydrogens is 504 g/mol. The Morgan fingerprint density at radius 3 is 2.73 bits per heavy atom. The summed E-state index contributed by atoms with van der Waals surface area (Å²) in [5.74, 6) is 1.35. The van der Waals surface area contributed by atoms with Gasteiger partial charge in [-0.05, 0) is 57.0 Å². The van der Waals surface area contributed by atoms with Crippen LogP contribution < -0.4 is 15.0 Å². The van der Waals surface area contributed by atoms with Crippen molar-refractivity contribution >= 4 is 34.1 Å². The van der Waals surface area contributed by atoms with Gasteiger partial charge in [-0.1, -0.05) is 24.3 Å². The SMILES string of the molecule is COc1ccc(Nc2nc(-c3cccc(CC(=O)/C=C/CN(C)C)c3)c3cn[nH]c3n2)cc1N1CCN(C)CC1. The molecule has 10 nitrogen and oxygen atoms in total. The van der Waals surface area contributed by atoms with E-state index in [1.165, 1.54) is 0 Å². The van der Waals surface area contributed by atoms with Crippen LogP contribution >= 0.6 is 0 Å². The molecule has 40 heavy (non-hydrogen) atoms. The number of hydrogen-bond acceptors (Lipinski definition) is 9. The van der Waals surface area contributed by atoms with Crippen LogP contribution in [0.15, 0.2) is 60.8 Å². The average Bonchev–Trinajstić information content (AvgIpc) is 3.42. The summed E-state index contributed by atoms with van der Waals surface area (Å²) < 4.78 is 5.67. The van der Waals surface area contributed by atoms with Crippen LogP contribution in [0.3, 0.4) is 0 Å². The topological polar surface area (TPSA) is 103 Å². The van der Waals surface area contributed by atoms with Gasteiger partial charge < -0.3 is 24.8 Å². The zero-order chi connectivity index (χ0) is 28.1. The van der Waals surface area contributed by atoms with Gasteiger partial charge in [0, 0.05) is 50.4 Å². The summed E-state index contributed by atoms with van der Waals surface area (Å²) in [6.07, 6.45) is 5.59. The van der Waals surface area contributed by atoms with Crippen LogP contribution in [0.2, 0.25) is 0 Å². The first-order valence-corrected chi connectivity index (χ1v) is 13.4. The third-order valence-electron chi connectivity index (χ3n) is 6.94. The molecule has 2 aromatic carbocycles. The van der Waals surface area contributed by atoms with E-state index in [0.717, 1.165) is 72.1 Å². The first-order valence-electron chi connectivity index (χ1n) is 13.4. The number of hydrogen-bond donors (Lipinski definition) is 2. The van der Waals surface area contributed by atoms with Crippen LogP contribution in [0.1, 0.15) is 5.56 Å². The number of piperazine rings is 1. The highest BCUT2D eigenvalue weighted by Crippen LogP contribution is 2.34. The molecule has 4 aromatic rings. The molecule has 208 valence electrons. The van der Waals surface area contributed by atoms with Crippen molar-refractivity contribution in [1.82, 2.24) is 30.0 Å². The quantitative estimate of drug-likeness (QED) is 0.291. The van der Waals surface area contributed by atoms with Gasteiger partial charge in [0.1, 0.15) is 5.75 Å². The summed E-state index contributed by atoms with van der Waals surface area (Å²) in [7, 11) is 7.79. The van der Waals surface area contributed by atoms with E-state index >= 15 is 0 Å². The molecule has 0 spiro atoms. The number of carbonyl (C=O) groups excluding carboxylic acids is 1. The third-order valence-corrected chi connectivity index (χ3v) is 6.94. The van der Waals surface area contributed by atoms with Gasteiger partial charge in [-0.2, -0.15) is 10.1 Å². The average molecular weight is 541 g/mol. The van der Waals surface area contributed by atoms with Gasteiger partial charge in [0.15, 0.2) is 11.4 Å². The Hall–Kier alpha value is -4.28. The smallest absolute Gasteiger partial charge is 0.229 e. The fourth-order valence-corrected chi connectivity index (χ4v) is 4.79. The lowest BCUT2D eigenvalue weighted by Crippen LogP contribution is -2.44. The van der Waals surface area contributed by atoms with Crippen LogP contribution in [0.4, 0.5) is 17.3 Å². The summed E-state index contributed by atoms with van der Waals surface area (Å²) in [5.41, 5.74) is 5.10. The van der Waals surface area contributed by atoms with Gasteiger partial charge in [0.2, 0.25) is 5.95 Å². The summed E-state index contributed by atoms with van der Waals surface area (Å²) >= 11 is 0. The van der Waals surface area contributed by atoms with Crippen molar-refractivity contribution in [3.05, 3.63) is 66.4 Å². The van der Waals surface area contributed by atoms with Gasteiger partial charge in [-0.25, -0.2) is 4.98 Å². The number of aromatic amines is 1. The normalized spacial score (nSPS) is 14.4. The predicted octanol–water partition coefficient (Wildman–Crippen LogP) is 3.75.